The topological polar surface area (TPSA) is 0 Å². The average molecular weight is 296 g/mol. The second-order valence-corrected chi connectivity index (χ2v) is 5.36. The highest BCUT2D eigenvalue weighted by molar-refractivity contribution is 5.75. The van der Waals surface area contributed by atoms with E-state index in [0.29, 0.717) is 11.1 Å². The molecule has 0 radical (unpaired) electrons. The van der Waals surface area contributed by atoms with Gasteiger partial charge in [0.25, 0.3) is 0 Å². The molecule has 0 spiro atoms. The molecule has 0 saturated carbocycles. The minimum absolute atomic E-state index is 0.158. The molecule has 0 nitrogen and oxygen atoms in total. The number of hydrogen-bond donors (Lipinski definition) is 0. The van der Waals surface area contributed by atoms with Gasteiger partial charge in [0, 0.05) is 11.1 Å². The van der Waals surface area contributed by atoms with Crippen LogP contribution in [-0.2, 0) is 0 Å². The van der Waals surface area contributed by atoms with E-state index in [9.17, 15) is 8.78 Å². The standard InChI is InChI=1S/C20H18F2/c1-13(2)5-8-15(4)17-11-12-18(20(22)19(17)21)16-9-6-14(3)7-10-16/h5-12H,1,4H2,2-3H3/b8-5-. The Bertz CT molecular complexity index is 750. The quantitative estimate of drug-likeness (QED) is 0.599. The molecule has 22 heavy (non-hydrogen) atoms. The van der Waals surface area contributed by atoms with Crippen LogP contribution in [0.2, 0.25) is 0 Å². The van der Waals surface area contributed by atoms with Crippen molar-refractivity contribution in [2.75, 3.05) is 0 Å². The van der Waals surface area contributed by atoms with E-state index in [1.54, 1.807) is 36.4 Å². The van der Waals surface area contributed by atoms with Gasteiger partial charge in [-0.05, 0) is 25.0 Å². The Hall–Kier alpha value is -2.48. The van der Waals surface area contributed by atoms with E-state index in [-0.39, 0.29) is 11.1 Å². The van der Waals surface area contributed by atoms with Crippen molar-refractivity contribution in [1.82, 2.24) is 0 Å². The minimum Gasteiger partial charge on any atom is -0.203 e. The average Bonchev–Trinajstić information content (AvgIpc) is 2.48. The van der Waals surface area contributed by atoms with Gasteiger partial charge in [0.05, 0.1) is 0 Å². The number of rotatable bonds is 4. The summed E-state index contributed by atoms with van der Waals surface area (Å²) in [6.45, 7) is 11.3. The Morgan fingerprint density at radius 1 is 0.909 bits per heavy atom. The molecule has 0 aliphatic carbocycles. The van der Waals surface area contributed by atoms with Crippen LogP contribution in [-0.4, -0.2) is 0 Å². The van der Waals surface area contributed by atoms with Crippen LogP contribution in [0.5, 0.6) is 0 Å². The highest BCUT2D eigenvalue weighted by atomic mass is 19.2. The zero-order chi connectivity index (χ0) is 16.3. The van der Waals surface area contributed by atoms with Gasteiger partial charge in [0.2, 0.25) is 0 Å². The first-order valence-corrected chi connectivity index (χ1v) is 6.98. The molecule has 2 rings (SSSR count). The number of hydrogen-bond acceptors (Lipinski definition) is 0. The van der Waals surface area contributed by atoms with Crippen LogP contribution in [0.15, 0.2) is 67.3 Å². The van der Waals surface area contributed by atoms with E-state index in [0.717, 1.165) is 11.1 Å². The zero-order valence-corrected chi connectivity index (χ0v) is 12.8. The third-order valence-corrected chi connectivity index (χ3v) is 3.36. The lowest BCUT2D eigenvalue weighted by atomic mass is 9.98. The fourth-order valence-electron chi connectivity index (χ4n) is 2.09. The summed E-state index contributed by atoms with van der Waals surface area (Å²) < 4.78 is 28.7. The predicted octanol–water partition coefficient (Wildman–Crippen LogP) is 6.09. The summed E-state index contributed by atoms with van der Waals surface area (Å²) in [5.74, 6) is -1.74. The molecule has 2 heteroatoms. The van der Waals surface area contributed by atoms with Gasteiger partial charge in [0.1, 0.15) is 0 Å². The molecule has 0 N–H and O–H groups in total. The molecule has 0 heterocycles. The summed E-state index contributed by atoms with van der Waals surface area (Å²) in [4.78, 5) is 0. The molecule has 2 aromatic rings. The maximum Gasteiger partial charge on any atom is 0.167 e. The second-order valence-electron chi connectivity index (χ2n) is 5.36. The lowest BCUT2D eigenvalue weighted by Gasteiger charge is -2.09. The molecule has 0 saturated heterocycles. The van der Waals surface area contributed by atoms with Crippen molar-refractivity contribution in [1.29, 1.82) is 0 Å². The van der Waals surface area contributed by atoms with Gasteiger partial charge in [-0.25, -0.2) is 8.78 Å². The Morgan fingerprint density at radius 3 is 2.14 bits per heavy atom. The monoisotopic (exact) mass is 296 g/mol. The van der Waals surface area contributed by atoms with Crippen LogP contribution in [0.4, 0.5) is 8.78 Å². The van der Waals surface area contributed by atoms with E-state index in [2.05, 4.69) is 13.2 Å². The maximum absolute atomic E-state index is 14.3. The highest BCUT2D eigenvalue weighted by Gasteiger charge is 2.15. The van der Waals surface area contributed by atoms with Crippen LogP contribution < -0.4 is 0 Å². The molecular formula is C20H18F2. The van der Waals surface area contributed by atoms with Crippen molar-refractivity contribution in [3.05, 3.63) is 90.0 Å². The summed E-state index contributed by atoms with van der Waals surface area (Å²) in [7, 11) is 0. The molecule has 112 valence electrons. The molecule has 0 bridgehead atoms. The van der Waals surface area contributed by atoms with Crippen molar-refractivity contribution in [3.63, 3.8) is 0 Å². The minimum atomic E-state index is -0.880. The summed E-state index contributed by atoms with van der Waals surface area (Å²) >= 11 is 0. The lowest BCUT2D eigenvalue weighted by molar-refractivity contribution is 0.509. The van der Waals surface area contributed by atoms with Crippen molar-refractivity contribution < 1.29 is 8.78 Å². The van der Waals surface area contributed by atoms with E-state index < -0.39 is 11.6 Å². The normalized spacial score (nSPS) is 10.9. The van der Waals surface area contributed by atoms with Gasteiger partial charge in [-0.1, -0.05) is 72.8 Å². The molecule has 0 fully saturated rings. The molecular weight excluding hydrogens is 278 g/mol. The van der Waals surface area contributed by atoms with E-state index in [1.807, 2.05) is 26.0 Å². The summed E-state index contributed by atoms with van der Waals surface area (Å²) in [5.41, 5.74) is 3.35. The predicted molar refractivity (Wildman–Crippen MR) is 89.5 cm³/mol. The van der Waals surface area contributed by atoms with Crippen molar-refractivity contribution in [3.8, 4) is 11.1 Å². The van der Waals surface area contributed by atoms with Crippen molar-refractivity contribution >= 4 is 5.57 Å². The Balaban J connectivity index is 2.43. The molecule has 0 atom stereocenters. The van der Waals surface area contributed by atoms with Crippen LogP contribution >= 0.6 is 0 Å². The fourth-order valence-corrected chi connectivity index (χ4v) is 2.09. The van der Waals surface area contributed by atoms with Gasteiger partial charge in [0.15, 0.2) is 11.6 Å². The van der Waals surface area contributed by atoms with Crippen molar-refractivity contribution in [2.45, 2.75) is 13.8 Å². The van der Waals surface area contributed by atoms with Crippen LogP contribution in [0.1, 0.15) is 18.1 Å². The highest BCUT2D eigenvalue weighted by Crippen LogP contribution is 2.29. The van der Waals surface area contributed by atoms with Crippen LogP contribution in [0.25, 0.3) is 16.7 Å². The third kappa shape index (κ3) is 3.40. The molecule has 0 amide bonds. The van der Waals surface area contributed by atoms with Gasteiger partial charge >= 0.3 is 0 Å². The maximum atomic E-state index is 14.3. The molecule has 0 unspecified atom stereocenters. The van der Waals surface area contributed by atoms with Gasteiger partial charge in [-0.2, -0.15) is 0 Å². The molecule has 0 aliphatic rings. The van der Waals surface area contributed by atoms with E-state index in [4.69, 9.17) is 0 Å². The number of benzene rings is 2. The molecule has 2 aromatic carbocycles. The van der Waals surface area contributed by atoms with Crippen molar-refractivity contribution in [2.24, 2.45) is 0 Å². The Kier molecular flexibility index (Phi) is 4.71. The summed E-state index contributed by atoms with van der Waals surface area (Å²) in [6, 6.07) is 10.4. The molecule has 0 aliphatic heterocycles. The first kappa shape index (κ1) is 15.9. The largest absolute Gasteiger partial charge is 0.203 e. The summed E-state index contributed by atoms with van der Waals surface area (Å²) in [5, 5.41) is 0. The summed E-state index contributed by atoms with van der Waals surface area (Å²) in [6.07, 6.45) is 3.35. The first-order valence-electron chi connectivity index (χ1n) is 6.98. The Morgan fingerprint density at radius 2 is 1.55 bits per heavy atom. The SMILES string of the molecule is C=C(C)/C=C\C(=C)c1ccc(-c2ccc(C)cc2)c(F)c1F. The van der Waals surface area contributed by atoms with E-state index >= 15 is 0 Å². The van der Waals surface area contributed by atoms with Crippen LogP contribution in [0, 0.1) is 18.6 Å². The fraction of sp³-hybridized carbons (Fsp3) is 0.100. The number of halogens is 2. The van der Waals surface area contributed by atoms with E-state index in [1.165, 1.54) is 0 Å². The lowest BCUT2D eigenvalue weighted by Crippen LogP contribution is -1.95. The molecule has 0 aromatic heterocycles. The zero-order valence-electron chi connectivity index (χ0n) is 12.8. The van der Waals surface area contributed by atoms with Crippen LogP contribution in [0.3, 0.4) is 0 Å². The van der Waals surface area contributed by atoms with Gasteiger partial charge in [-0.15, -0.1) is 0 Å². The van der Waals surface area contributed by atoms with Gasteiger partial charge < -0.3 is 0 Å². The Labute approximate surface area is 130 Å². The number of aryl methyl sites for hydroxylation is 1. The first-order chi connectivity index (χ1) is 10.4. The van der Waals surface area contributed by atoms with Gasteiger partial charge in [-0.3, -0.25) is 0 Å². The smallest absolute Gasteiger partial charge is 0.167 e. The second kappa shape index (κ2) is 6.52. The number of allylic oxidation sites excluding steroid dienone is 4. The third-order valence-electron chi connectivity index (χ3n) is 3.36.